The monoisotopic (exact) mass is 396 g/mol. The number of rotatable bonds is 3. The van der Waals surface area contributed by atoms with Gasteiger partial charge in [-0.1, -0.05) is 0 Å². The molecule has 0 radical (unpaired) electrons. The van der Waals surface area contributed by atoms with Crippen molar-refractivity contribution in [2.45, 2.75) is 4.90 Å². The average Bonchev–Trinajstić information content (AvgIpc) is 2.39. The third-order valence-corrected chi connectivity index (χ3v) is 5.96. The Morgan fingerprint density at radius 1 is 1.21 bits per heavy atom. The Balaban J connectivity index is 2.27. The first kappa shape index (κ1) is 15.0. The molecule has 2 rings (SSSR count). The summed E-state index contributed by atoms with van der Waals surface area (Å²) in [5.41, 5.74) is 0. The van der Waals surface area contributed by atoms with Crippen molar-refractivity contribution in [3.8, 4) is 5.75 Å². The lowest BCUT2D eigenvalue weighted by atomic mass is 10.3. The minimum atomic E-state index is -3.39. The van der Waals surface area contributed by atoms with E-state index in [2.05, 4.69) is 27.5 Å². The van der Waals surface area contributed by atoms with E-state index in [1.54, 1.807) is 29.6 Å². The lowest BCUT2D eigenvalue weighted by Crippen LogP contribution is -2.47. The van der Waals surface area contributed by atoms with Crippen LogP contribution in [-0.4, -0.2) is 58.0 Å². The molecule has 0 spiro atoms. The van der Waals surface area contributed by atoms with Crippen molar-refractivity contribution >= 4 is 32.6 Å². The second-order valence-corrected chi connectivity index (χ2v) is 7.60. The van der Waals surface area contributed by atoms with Crippen LogP contribution >= 0.6 is 22.6 Å². The number of ether oxygens (including phenoxy) is 1. The minimum Gasteiger partial charge on any atom is -0.496 e. The van der Waals surface area contributed by atoms with Crippen LogP contribution in [0.25, 0.3) is 0 Å². The van der Waals surface area contributed by atoms with Gasteiger partial charge >= 0.3 is 0 Å². The van der Waals surface area contributed by atoms with Crippen molar-refractivity contribution in [3.63, 3.8) is 0 Å². The van der Waals surface area contributed by atoms with E-state index in [0.29, 0.717) is 23.7 Å². The Kier molecular flexibility index (Phi) is 4.70. The molecular formula is C12H17IN2O3S. The molecule has 1 heterocycles. The summed E-state index contributed by atoms with van der Waals surface area (Å²) in [6.45, 7) is 2.63. The largest absolute Gasteiger partial charge is 0.496 e. The predicted octanol–water partition coefficient (Wildman–Crippen LogP) is 1.24. The molecule has 0 unspecified atom stereocenters. The molecule has 1 aliphatic rings. The van der Waals surface area contributed by atoms with Crippen molar-refractivity contribution in [1.29, 1.82) is 0 Å². The highest BCUT2D eigenvalue weighted by Gasteiger charge is 2.27. The summed E-state index contributed by atoms with van der Waals surface area (Å²) in [7, 11) is 0.189. The fraction of sp³-hybridized carbons (Fsp3) is 0.500. The van der Waals surface area contributed by atoms with E-state index in [1.165, 1.54) is 0 Å². The van der Waals surface area contributed by atoms with Gasteiger partial charge in [-0.2, -0.15) is 4.31 Å². The Morgan fingerprint density at radius 2 is 1.84 bits per heavy atom. The normalized spacial score (nSPS) is 18.5. The van der Waals surface area contributed by atoms with Crippen LogP contribution in [0.3, 0.4) is 0 Å². The molecule has 0 saturated carbocycles. The predicted molar refractivity (Wildman–Crippen MR) is 82.0 cm³/mol. The summed E-state index contributed by atoms with van der Waals surface area (Å²) in [6, 6.07) is 4.96. The van der Waals surface area contributed by atoms with Crippen LogP contribution in [0.2, 0.25) is 0 Å². The number of sulfonamides is 1. The quantitative estimate of drug-likeness (QED) is 0.722. The van der Waals surface area contributed by atoms with Gasteiger partial charge in [0.1, 0.15) is 5.75 Å². The van der Waals surface area contributed by atoms with Crippen LogP contribution < -0.4 is 4.74 Å². The summed E-state index contributed by atoms with van der Waals surface area (Å²) >= 11 is 2.08. The van der Waals surface area contributed by atoms with E-state index in [-0.39, 0.29) is 0 Å². The second kappa shape index (κ2) is 5.94. The number of piperazine rings is 1. The molecule has 0 atom stereocenters. The number of likely N-dealkylation sites (N-methyl/N-ethyl adjacent to an activating group) is 1. The van der Waals surface area contributed by atoms with Crippen molar-refractivity contribution in [1.82, 2.24) is 9.21 Å². The molecule has 0 bridgehead atoms. The molecule has 1 saturated heterocycles. The molecule has 0 aliphatic carbocycles. The Bertz CT molecular complexity index is 554. The number of halogens is 1. The molecule has 106 valence electrons. The van der Waals surface area contributed by atoms with Gasteiger partial charge in [-0.3, -0.25) is 0 Å². The van der Waals surface area contributed by atoms with Gasteiger partial charge in [0, 0.05) is 26.2 Å². The average molecular weight is 396 g/mol. The lowest BCUT2D eigenvalue weighted by molar-refractivity contribution is 0.222. The van der Waals surface area contributed by atoms with Gasteiger partial charge in [-0.25, -0.2) is 8.42 Å². The Labute approximate surface area is 127 Å². The van der Waals surface area contributed by atoms with Crippen molar-refractivity contribution in [3.05, 3.63) is 21.8 Å². The highest BCUT2D eigenvalue weighted by Crippen LogP contribution is 2.26. The summed E-state index contributed by atoms with van der Waals surface area (Å²) in [4.78, 5) is 2.46. The summed E-state index contributed by atoms with van der Waals surface area (Å²) in [6.07, 6.45) is 0. The van der Waals surface area contributed by atoms with E-state index in [4.69, 9.17) is 4.74 Å². The number of benzene rings is 1. The van der Waals surface area contributed by atoms with Crippen LogP contribution in [0.5, 0.6) is 5.75 Å². The molecule has 7 heteroatoms. The molecule has 0 aromatic heterocycles. The molecule has 1 aliphatic heterocycles. The maximum absolute atomic E-state index is 12.5. The van der Waals surface area contributed by atoms with E-state index in [0.717, 1.165) is 16.7 Å². The smallest absolute Gasteiger partial charge is 0.243 e. The molecule has 0 N–H and O–H groups in total. The third-order valence-electron chi connectivity index (χ3n) is 3.22. The molecule has 19 heavy (non-hydrogen) atoms. The van der Waals surface area contributed by atoms with E-state index in [9.17, 15) is 8.42 Å². The van der Waals surface area contributed by atoms with Gasteiger partial charge in [0.2, 0.25) is 10.0 Å². The molecule has 1 aromatic rings. The standard InChI is InChI=1S/C12H17IN2O3S/c1-14-5-7-15(8-6-14)19(16,17)10-3-4-12(18-2)11(13)9-10/h3-4,9H,5-8H2,1-2H3. The zero-order chi connectivity index (χ0) is 14.0. The third kappa shape index (κ3) is 3.21. The Hall–Kier alpha value is -0.380. The van der Waals surface area contributed by atoms with Gasteiger partial charge in [0.15, 0.2) is 0 Å². The van der Waals surface area contributed by atoms with Gasteiger partial charge in [-0.15, -0.1) is 0 Å². The highest BCUT2D eigenvalue weighted by molar-refractivity contribution is 14.1. The van der Waals surface area contributed by atoms with E-state index in [1.807, 2.05) is 7.05 Å². The van der Waals surface area contributed by atoms with Crippen molar-refractivity contribution < 1.29 is 13.2 Å². The van der Waals surface area contributed by atoms with Crippen LogP contribution in [0.4, 0.5) is 0 Å². The zero-order valence-corrected chi connectivity index (χ0v) is 13.9. The number of hydrogen-bond acceptors (Lipinski definition) is 4. The summed E-state index contributed by atoms with van der Waals surface area (Å²) in [5, 5.41) is 0. The van der Waals surface area contributed by atoms with Crippen LogP contribution in [0.1, 0.15) is 0 Å². The SMILES string of the molecule is COc1ccc(S(=O)(=O)N2CCN(C)CC2)cc1I. The lowest BCUT2D eigenvalue weighted by Gasteiger charge is -2.31. The van der Waals surface area contributed by atoms with Crippen molar-refractivity contribution in [2.75, 3.05) is 40.3 Å². The van der Waals surface area contributed by atoms with Gasteiger partial charge in [0.25, 0.3) is 0 Å². The molecule has 1 aromatic carbocycles. The first-order valence-electron chi connectivity index (χ1n) is 5.97. The molecule has 1 fully saturated rings. The second-order valence-electron chi connectivity index (χ2n) is 4.50. The van der Waals surface area contributed by atoms with Gasteiger partial charge in [0.05, 0.1) is 15.6 Å². The number of methoxy groups -OCH3 is 1. The zero-order valence-electron chi connectivity index (χ0n) is 11.0. The maximum Gasteiger partial charge on any atom is 0.243 e. The first-order chi connectivity index (χ1) is 8.95. The molecular weight excluding hydrogens is 379 g/mol. The minimum absolute atomic E-state index is 0.335. The van der Waals surface area contributed by atoms with E-state index >= 15 is 0 Å². The van der Waals surface area contributed by atoms with Crippen LogP contribution in [-0.2, 0) is 10.0 Å². The topological polar surface area (TPSA) is 49.9 Å². The first-order valence-corrected chi connectivity index (χ1v) is 8.49. The van der Waals surface area contributed by atoms with Crippen LogP contribution in [0.15, 0.2) is 23.1 Å². The van der Waals surface area contributed by atoms with Gasteiger partial charge < -0.3 is 9.64 Å². The maximum atomic E-state index is 12.5. The van der Waals surface area contributed by atoms with E-state index < -0.39 is 10.0 Å². The number of nitrogens with zero attached hydrogens (tertiary/aromatic N) is 2. The summed E-state index contributed by atoms with van der Waals surface area (Å²) < 4.78 is 32.5. The fourth-order valence-electron chi connectivity index (χ4n) is 1.99. The van der Waals surface area contributed by atoms with Gasteiger partial charge in [-0.05, 0) is 47.8 Å². The van der Waals surface area contributed by atoms with Crippen molar-refractivity contribution in [2.24, 2.45) is 0 Å². The number of hydrogen-bond donors (Lipinski definition) is 0. The Morgan fingerprint density at radius 3 is 2.37 bits per heavy atom. The molecule has 5 nitrogen and oxygen atoms in total. The highest BCUT2D eigenvalue weighted by atomic mass is 127. The van der Waals surface area contributed by atoms with Crippen LogP contribution in [0, 0.1) is 3.57 Å². The fourth-order valence-corrected chi connectivity index (χ4v) is 4.38. The summed E-state index contributed by atoms with van der Waals surface area (Å²) in [5.74, 6) is 0.693. The molecule has 0 amide bonds.